The van der Waals surface area contributed by atoms with Crippen molar-refractivity contribution in [3.63, 3.8) is 0 Å². The summed E-state index contributed by atoms with van der Waals surface area (Å²) in [5.74, 6) is 0.751. The van der Waals surface area contributed by atoms with Gasteiger partial charge in [0.15, 0.2) is 0 Å². The van der Waals surface area contributed by atoms with Crippen molar-refractivity contribution in [3.8, 4) is 0 Å². The summed E-state index contributed by atoms with van der Waals surface area (Å²) < 4.78 is 1.07. The number of benzene rings is 1. The second kappa shape index (κ2) is 4.53. The van der Waals surface area contributed by atoms with Crippen LogP contribution in [0.4, 0.5) is 17.2 Å². The van der Waals surface area contributed by atoms with E-state index < -0.39 is 0 Å². The van der Waals surface area contributed by atoms with E-state index in [9.17, 15) is 0 Å². The zero-order valence-corrected chi connectivity index (χ0v) is 10.5. The molecule has 1 aromatic heterocycles. The van der Waals surface area contributed by atoms with Crippen molar-refractivity contribution in [1.82, 2.24) is 4.98 Å². The normalized spacial score (nSPS) is 10.1. The Morgan fingerprint density at radius 2 is 2.12 bits per heavy atom. The van der Waals surface area contributed by atoms with Crippen molar-refractivity contribution < 1.29 is 0 Å². The van der Waals surface area contributed by atoms with Gasteiger partial charge in [-0.2, -0.15) is 0 Å². The van der Waals surface area contributed by atoms with Gasteiger partial charge in [-0.15, -0.1) is 0 Å². The van der Waals surface area contributed by atoms with Gasteiger partial charge in [-0.05, 0) is 30.7 Å². The fraction of sp³-hybridized carbons (Fsp3) is 0.0833. The Bertz CT molecular complexity index is 511. The van der Waals surface area contributed by atoms with Gasteiger partial charge in [-0.3, -0.25) is 0 Å². The van der Waals surface area contributed by atoms with Gasteiger partial charge in [0.25, 0.3) is 0 Å². The van der Waals surface area contributed by atoms with Crippen LogP contribution in [0, 0.1) is 6.92 Å². The number of anilines is 3. The number of hydrogen-bond acceptors (Lipinski definition) is 3. The molecular weight excluding hydrogens is 266 g/mol. The summed E-state index contributed by atoms with van der Waals surface area (Å²) in [5.41, 5.74) is 8.56. The molecule has 0 saturated carbocycles. The SMILES string of the molecule is Cc1c(Br)cccc1Nc1cc(N)ccn1. The molecule has 2 aromatic rings. The van der Waals surface area contributed by atoms with Gasteiger partial charge in [0.2, 0.25) is 0 Å². The third-order valence-corrected chi connectivity index (χ3v) is 3.17. The summed E-state index contributed by atoms with van der Waals surface area (Å²) in [6, 6.07) is 9.56. The molecule has 0 amide bonds. The first-order valence-corrected chi connectivity index (χ1v) is 5.70. The number of nitrogens with one attached hydrogen (secondary N) is 1. The summed E-state index contributed by atoms with van der Waals surface area (Å²) >= 11 is 3.49. The number of nitrogens with zero attached hydrogens (tertiary/aromatic N) is 1. The zero-order valence-electron chi connectivity index (χ0n) is 8.87. The highest BCUT2D eigenvalue weighted by Gasteiger charge is 2.02. The number of pyridine rings is 1. The summed E-state index contributed by atoms with van der Waals surface area (Å²) in [4.78, 5) is 4.20. The van der Waals surface area contributed by atoms with Gasteiger partial charge in [-0.1, -0.05) is 22.0 Å². The van der Waals surface area contributed by atoms with E-state index in [1.165, 1.54) is 0 Å². The van der Waals surface area contributed by atoms with E-state index in [1.807, 2.05) is 25.1 Å². The predicted octanol–water partition coefficient (Wildman–Crippen LogP) is 3.48. The van der Waals surface area contributed by atoms with E-state index in [4.69, 9.17) is 5.73 Å². The van der Waals surface area contributed by atoms with Gasteiger partial charge < -0.3 is 11.1 Å². The summed E-state index contributed by atoms with van der Waals surface area (Å²) in [6.07, 6.45) is 1.69. The van der Waals surface area contributed by atoms with E-state index >= 15 is 0 Å². The molecule has 3 N–H and O–H groups in total. The number of halogens is 1. The molecule has 0 fully saturated rings. The van der Waals surface area contributed by atoms with Crippen LogP contribution in [0.2, 0.25) is 0 Å². The smallest absolute Gasteiger partial charge is 0.132 e. The molecule has 0 saturated heterocycles. The first-order valence-electron chi connectivity index (χ1n) is 4.90. The van der Waals surface area contributed by atoms with Gasteiger partial charge >= 0.3 is 0 Å². The van der Waals surface area contributed by atoms with Crippen LogP contribution < -0.4 is 11.1 Å². The van der Waals surface area contributed by atoms with Crippen molar-refractivity contribution >= 4 is 33.1 Å². The number of nitrogens with two attached hydrogens (primary N) is 1. The fourth-order valence-corrected chi connectivity index (χ4v) is 1.76. The molecule has 0 atom stereocenters. The Morgan fingerprint density at radius 3 is 2.88 bits per heavy atom. The molecule has 2 rings (SSSR count). The quantitative estimate of drug-likeness (QED) is 0.884. The molecule has 0 spiro atoms. The topological polar surface area (TPSA) is 50.9 Å². The Morgan fingerprint density at radius 1 is 1.31 bits per heavy atom. The maximum absolute atomic E-state index is 5.69. The van der Waals surface area contributed by atoms with Gasteiger partial charge in [0.1, 0.15) is 5.82 Å². The standard InChI is InChI=1S/C12H12BrN3/c1-8-10(13)3-2-4-11(8)16-12-7-9(14)5-6-15-12/h2-7H,1H3,(H3,14,15,16). The second-order valence-corrected chi connectivity index (χ2v) is 4.37. The number of aromatic nitrogens is 1. The maximum atomic E-state index is 5.69. The monoisotopic (exact) mass is 277 g/mol. The molecule has 1 aromatic carbocycles. The summed E-state index contributed by atoms with van der Waals surface area (Å²) in [7, 11) is 0. The molecule has 16 heavy (non-hydrogen) atoms. The highest BCUT2D eigenvalue weighted by Crippen LogP contribution is 2.26. The van der Waals surface area contributed by atoms with E-state index in [2.05, 4.69) is 26.2 Å². The molecule has 82 valence electrons. The molecule has 0 bridgehead atoms. The van der Waals surface area contributed by atoms with Gasteiger partial charge in [0.05, 0.1) is 0 Å². The lowest BCUT2D eigenvalue weighted by atomic mass is 10.2. The fourth-order valence-electron chi connectivity index (χ4n) is 1.40. The lowest BCUT2D eigenvalue weighted by Gasteiger charge is -2.10. The zero-order chi connectivity index (χ0) is 11.5. The van der Waals surface area contributed by atoms with E-state index in [-0.39, 0.29) is 0 Å². The van der Waals surface area contributed by atoms with Crippen LogP contribution in [0.1, 0.15) is 5.56 Å². The van der Waals surface area contributed by atoms with E-state index in [0.29, 0.717) is 5.69 Å². The number of hydrogen-bond donors (Lipinski definition) is 2. The van der Waals surface area contributed by atoms with Crippen LogP contribution in [0.5, 0.6) is 0 Å². The molecule has 3 nitrogen and oxygen atoms in total. The molecule has 4 heteroatoms. The third kappa shape index (κ3) is 2.33. The van der Waals surface area contributed by atoms with Crippen LogP contribution in [-0.2, 0) is 0 Å². The molecule has 0 aliphatic carbocycles. The lowest BCUT2D eigenvalue weighted by molar-refractivity contribution is 1.29. The first-order chi connectivity index (χ1) is 7.66. The highest BCUT2D eigenvalue weighted by atomic mass is 79.9. The van der Waals surface area contributed by atoms with Crippen LogP contribution in [-0.4, -0.2) is 4.98 Å². The Labute approximate surface area is 103 Å². The van der Waals surface area contributed by atoms with Crippen LogP contribution in [0.25, 0.3) is 0 Å². The van der Waals surface area contributed by atoms with Crippen molar-refractivity contribution in [3.05, 3.63) is 46.6 Å². The summed E-state index contributed by atoms with van der Waals surface area (Å²) in [5, 5.41) is 3.23. The number of rotatable bonds is 2. The second-order valence-electron chi connectivity index (χ2n) is 3.51. The maximum Gasteiger partial charge on any atom is 0.132 e. The lowest BCUT2D eigenvalue weighted by Crippen LogP contribution is -1.97. The van der Waals surface area contributed by atoms with Gasteiger partial charge in [0, 0.05) is 28.1 Å². The minimum Gasteiger partial charge on any atom is -0.399 e. The van der Waals surface area contributed by atoms with Crippen molar-refractivity contribution in [1.29, 1.82) is 0 Å². The molecule has 0 radical (unpaired) electrons. The summed E-state index contributed by atoms with van der Waals surface area (Å²) in [6.45, 7) is 2.04. The highest BCUT2D eigenvalue weighted by molar-refractivity contribution is 9.10. The van der Waals surface area contributed by atoms with Crippen LogP contribution in [0.15, 0.2) is 41.0 Å². The van der Waals surface area contributed by atoms with Gasteiger partial charge in [-0.25, -0.2) is 4.98 Å². The minimum atomic E-state index is 0.699. The molecule has 1 heterocycles. The Balaban J connectivity index is 2.31. The van der Waals surface area contributed by atoms with E-state index in [0.717, 1.165) is 21.5 Å². The predicted molar refractivity (Wildman–Crippen MR) is 70.8 cm³/mol. The first kappa shape index (κ1) is 11.0. The average Bonchev–Trinajstić information content (AvgIpc) is 2.25. The molecular formula is C12H12BrN3. The molecule has 0 unspecified atom stereocenters. The largest absolute Gasteiger partial charge is 0.399 e. The van der Waals surface area contributed by atoms with Crippen molar-refractivity contribution in [2.75, 3.05) is 11.1 Å². The Kier molecular flexibility index (Phi) is 3.10. The van der Waals surface area contributed by atoms with Crippen LogP contribution in [0.3, 0.4) is 0 Å². The number of nitrogen functional groups attached to an aromatic ring is 1. The van der Waals surface area contributed by atoms with Crippen molar-refractivity contribution in [2.45, 2.75) is 6.92 Å². The third-order valence-electron chi connectivity index (χ3n) is 2.31. The van der Waals surface area contributed by atoms with Crippen molar-refractivity contribution in [2.24, 2.45) is 0 Å². The molecule has 0 aliphatic heterocycles. The van der Waals surface area contributed by atoms with Crippen LogP contribution >= 0.6 is 15.9 Å². The van der Waals surface area contributed by atoms with E-state index in [1.54, 1.807) is 18.3 Å². The minimum absolute atomic E-state index is 0.699. The Hall–Kier alpha value is -1.55. The molecule has 0 aliphatic rings. The average molecular weight is 278 g/mol.